The molecule has 0 radical (unpaired) electrons. The van der Waals surface area contributed by atoms with Crippen molar-refractivity contribution in [2.24, 2.45) is 11.7 Å². The Balaban J connectivity index is 3.09. The van der Waals surface area contributed by atoms with Crippen LogP contribution < -0.4 is 16.4 Å². The highest BCUT2D eigenvalue weighted by atomic mass is 16.5. The van der Waals surface area contributed by atoms with Gasteiger partial charge in [-0.05, 0) is 31.6 Å². The molecule has 14 nitrogen and oxygen atoms in total. The van der Waals surface area contributed by atoms with Crippen LogP contribution in [0.5, 0.6) is 0 Å². The van der Waals surface area contributed by atoms with E-state index in [4.69, 9.17) is 15.6 Å². The number of likely N-dealkylation sites (tertiary alicyclic amines) is 1. The fraction of sp³-hybridized carbons (Fsp3) is 0.739. The highest BCUT2D eigenvalue weighted by Gasteiger charge is 2.40. The van der Waals surface area contributed by atoms with Crippen molar-refractivity contribution in [3.05, 3.63) is 0 Å². The van der Waals surface area contributed by atoms with Crippen LogP contribution in [0.2, 0.25) is 0 Å². The van der Waals surface area contributed by atoms with Gasteiger partial charge in [0.1, 0.15) is 12.1 Å². The number of rotatable bonds is 15. The van der Waals surface area contributed by atoms with Gasteiger partial charge in [0.25, 0.3) is 0 Å². The Morgan fingerprint density at radius 2 is 1.68 bits per heavy atom. The Bertz CT molecular complexity index is 849. The van der Waals surface area contributed by atoms with Crippen LogP contribution in [0.1, 0.15) is 58.8 Å². The van der Waals surface area contributed by atoms with Crippen LogP contribution >= 0.6 is 0 Å². The molecule has 0 bridgehead atoms. The molecule has 0 unspecified atom stereocenters. The lowest BCUT2D eigenvalue weighted by Crippen LogP contribution is -2.60. The third-order valence-electron chi connectivity index (χ3n) is 6.03. The van der Waals surface area contributed by atoms with Crippen molar-refractivity contribution in [3.8, 4) is 0 Å². The molecular weight excluding hydrogens is 492 g/mol. The standard InChI is InChI=1S/C23H38N4O10/c1-12(2)9-13(24)21(33)26-15(10-20(31)32)22(34)27-8-4-5-17(37-3)16(27)11-18(28)25-14(23(35)36)6-7-19(29)30/h12-17H,4-11,24H2,1-3H3,(H,25,28)(H,26,33)(H,29,30)(H,31,32)(H,35,36)/t13-,14-,15-,16+,17+/m0/s1. The molecule has 3 amide bonds. The quantitative estimate of drug-likeness (QED) is 0.153. The van der Waals surface area contributed by atoms with E-state index in [2.05, 4.69) is 10.6 Å². The van der Waals surface area contributed by atoms with E-state index in [1.165, 1.54) is 12.0 Å². The molecule has 0 aliphatic carbocycles. The largest absolute Gasteiger partial charge is 0.481 e. The predicted molar refractivity (Wildman–Crippen MR) is 128 cm³/mol. The molecule has 5 atom stereocenters. The molecule has 1 heterocycles. The number of carboxylic acids is 3. The molecule has 14 heteroatoms. The summed E-state index contributed by atoms with van der Waals surface area (Å²) < 4.78 is 5.45. The van der Waals surface area contributed by atoms with Crippen molar-refractivity contribution in [3.63, 3.8) is 0 Å². The Kier molecular flexibility index (Phi) is 13.0. The zero-order valence-corrected chi connectivity index (χ0v) is 21.3. The number of nitrogens with one attached hydrogen (secondary N) is 2. The molecule has 1 aliphatic heterocycles. The first kappa shape index (κ1) is 31.8. The minimum absolute atomic E-state index is 0.0898. The molecule has 1 rings (SSSR count). The van der Waals surface area contributed by atoms with Crippen molar-refractivity contribution in [1.82, 2.24) is 15.5 Å². The molecule has 0 saturated carbocycles. The van der Waals surface area contributed by atoms with Gasteiger partial charge < -0.3 is 41.3 Å². The van der Waals surface area contributed by atoms with Gasteiger partial charge in [-0.1, -0.05) is 13.8 Å². The molecule has 0 aromatic rings. The van der Waals surface area contributed by atoms with Crippen LogP contribution in [0.3, 0.4) is 0 Å². The lowest BCUT2D eigenvalue weighted by molar-refractivity contribution is -0.150. The summed E-state index contributed by atoms with van der Waals surface area (Å²) in [5.41, 5.74) is 5.88. The number of methoxy groups -OCH3 is 1. The molecular formula is C23H38N4O10. The van der Waals surface area contributed by atoms with Gasteiger partial charge in [-0.25, -0.2) is 4.79 Å². The maximum Gasteiger partial charge on any atom is 0.326 e. The van der Waals surface area contributed by atoms with E-state index in [9.17, 15) is 39.0 Å². The van der Waals surface area contributed by atoms with E-state index >= 15 is 0 Å². The number of hydrogen-bond donors (Lipinski definition) is 6. The van der Waals surface area contributed by atoms with Gasteiger partial charge in [0.2, 0.25) is 17.7 Å². The first-order valence-electron chi connectivity index (χ1n) is 12.1. The number of piperidine rings is 1. The molecule has 0 aromatic carbocycles. The number of aliphatic carboxylic acids is 3. The zero-order chi connectivity index (χ0) is 28.3. The Labute approximate surface area is 214 Å². The number of carboxylic acid groups (broad SMARTS) is 3. The number of amides is 3. The van der Waals surface area contributed by atoms with Gasteiger partial charge in [-0.15, -0.1) is 0 Å². The van der Waals surface area contributed by atoms with E-state index in [-0.39, 0.29) is 25.3 Å². The van der Waals surface area contributed by atoms with E-state index in [0.29, 0.717) is 19.3 Å². The van der Waals surface area contributed by atoms with E-state index in [1.807, 2.05) is 13.8 Å². The number of carbonyl (C=O) groups is 6. The van der Waals surface area contributed by atoms with Crippen LogP contribution in [0, 0.1) is 5.92 Å². The monoisotopic (exact) mass is 530 g/mol. The molecule has 37 heavy (non-hydrogen) atoms. The number of hydrogen-bond acceptors (Lipinski definition) is 8. The molecule has 0 spiro atoms. The molecule has 1 aliphatic rings. The molecule has 1 fully saturated rings. The maximum atomic E-state index is 13.4. The van der Waals surface area contributed by atoms with Gasteiger partial charge in [0.15, 0.2) is 0 Å². The van der Waals surface area contributed by atoms with Crippen LogP contribution in [-0.4, -0.2) is 99.8 Å². The van der Waals surface area contributed by atoms with Crippen molar-refractivity contribution in [2.75, 3.05) is 13.7 Å². The number of nitrogens with two attached hydrogens (primary N) is 1. The number of nitrogens with zero attached hydrogens (tertiary/aromatic N) is 1. The minimum Gasteiger partial charge on any atom is -0.481 e. The van der Waals surface area contributed by atoms with Crippen molar-refractivity contribution >= 4 is 35.6 Å². The summed E-state index contributed by atoms with van der Waals surface area (Å²) in [4.78, 5) is 73.7. The van der Waals surface area contributed by atoms with Crippen LogP contribution in [0.15, 0.2) is 0 Å². The summed E-state index contributed by atoms with van der Waals surface area (Å²) in [5.74, 6) is -6.01. The molecule has 1 saturated heterocycles. The molecule has 0 aromatic heterocycles. The summed E-state index contributed by atoms with van der Waals surface area (Å²) in [6, 6.07) is -4.71. The van der Waals surface area contributed by atoms with Gasteiger partial charge in [-0.2, -0.15) is 0 Å². The predicted octanol–water partition coefficient (Wildman–Crippen LogP) is -0.850. The number of ether oxygens (including phenoxy) is 1. The fourth-order valence-electron chi connectivity index (χ4n) is 4.25. The number of carbonyl (C=O) groups excluding carboxylic acids is 3. The van der Waals surface area contributed by atoms with E-state index in [0.717, 1.165) is 0 Å². The van der Waals surface area contributed by atoms with Crippen LogP contribution in [0.4, 0.5) is 0 Å². The smallest absolute Gasteiger partial charge is 0.326 e. The first-order valence-corrected chi connectivity index (χ1v) is 12.1. The Hall–Kier alpha value is -3.26. The Morgan fingerprint density at radius 3 is 2.19 bits per heavy atom. The van der Waals surface area contributed by atoms with Gasteiger partial charge in [0, 0.05) is 26.5 Å². The lowest BCUT2D eigenvalue weighted by atomic mass is 9.94. The van der Waals surface area contributed by atoms with Crippen molar-refractivity contribution in [1.29, 1.82) is 0 Å². The third-order valence-corrected chi connectivity index (χ3v) is 6.03. The Morgan fingerprint density at radius 1 is 1.03 bits per heavy atom. The van der Waals surface area contributed by atoms with E-state index in [1.54, 1.807) is 0 Å². The molecule has 210 valence electrons. The van der Waals surface area contributed by atoms with Crippen molar-refractivity contribution < 1.29 is 48.8 Å². The topological polar surface area (TPSA) is 226 Å². The second-order valence-electron chi connectivity index (χ2n) is 9.51. The summed E-state index contributed by atoms with van der Waals surface area (Å²) in [7, 11) is 1.39. The summed E-state index contributed by atoms with van der Waals surface area (Å²) in [5, 5.41) is 32.2. The normalized spacial score (nSPS) is 20.0. The minimum atomic E-state index is -1.45. The van der Waals surface area contributed by atoms with Crippen molar-refractivity contribution in [2.45, 2.75) is 89.1 Å². The summed E-state index contributed by atoms with van der Waals surface area (Å²) in [6.07, 6.45) is -1.21. The van der Waals surface area contributed by atoms with Gasteiger partial charge in [-0.3, -0.25) is 24.0 Å². The SMILES string of the molecule is CO[C@@H]1CCCN(C(=O)[C@H](CC(=O)O)NC(=O)[C@@H](N)CC(C)C)[C@@H]1CC(=O)N[C@@H](CCC(=O)O)C(=O)O. The lowest BCUT2D eigenvalue weighted by Gasteiger charge is -2.42. The average Bonchev–Trinajstić information content (AvgIpc) is 2.79. The highest BCUT2D eigenvalue weighted by Crippen LogP contribution is 2.24. The van der Waals surface area contributed by atoms with E-state index < -0.39 is 78.7 Å². The van der Waals surface area contributed by atoms with Crippen LogP contribution in [0.25, 0.3) is 0 Å². The fourth-order valence-corrected chi connectivity index (χ4v) is 4.25. The van der Waals surface area contributed by atoms with Crippen LogP contribution in [-0.2, 0) is 33.5 Å². The van der Waals surface area contributed by atoms with Gasteiger partial charge >= 0.3 is 17.9 Å². The zero-order valence-electron chi connectivity index (χ0n) is 21.3. The third kappa shape index (κ3) is 10.7. The summed E-state index contributed by atoms with van der Waals surface area (Å²) in [6.45, 7) is 3.87. The summed E-state index contributed by atoms with van der Waals surface area (Å²) >= 11 is 0. The highest BCUT2D eigenvalue weighted by molar-refractivity contribution is 5.93. The average molecular weight is 531 g/mol. The second kappa shape index (κ2) is 15.1. The molecule has 7 N–H and O–H groups in total. The maximum absolute atomic E-state index is 13.4. The first-order chi connectivity index (χ1) is 17.3. The second-order valence-corrected chi connectivity index (χ2v) is 9.51. The van der Waals surface area contributed by atoms with Gasteiger partial charge in [0.05, 0.1) is 24.6 Å².